The van der Waals surface area contributed by atoms with E-state index in [1.54, 1.807) is 11.8 Å². The molecule has 0 aliphatic carbocycles. The van der Waals surface area contributed by atoms with Crippen molar-refractivity contribution in [3.63, 3.8) is 0 Å². The highest BCUT2D eigenvalue weighted by atomic mass is 16.2. The first kappa shape index (κ1) is 23.0. The van der Waals surface area contributed by atoms with Crippen molar-refractivity contribution in [3.05, 3.63) is 72.2 Å². The van der Waals surface area contributed by atoms with Gasteiger partial charge in [0.1, 0.15) is 11.3 Å². The van der Waals surface area contributed by atoms with Crippen LogP contribution in [0.25, 0.3) is 17.0 Å². The lowest BCUT2D eigenvalue weighted by Crippen LogP contribution is -2.45. The molecule has 8 heteroatoms. The number of benzene rings is 1. The smallest absolute Gasteiger partial charge is 0.233 e. The average Bonchev–Trinajstić information content (AvgIpc) is 3.30. The molecule has 8 nitrogen and oxygen atoms in total. The summed E-state index contributed by atoms with van der Waals surface area (Å²) in [4.78, 5) is 33.6. The van der Waals surface area contributed by atoms with E-state index < -0.39 is 0 Å². The Hall–Kier alpha value is -3.78. The van der Waals surface area contributed by atoms with Crippen LogP contribution < -0.4 is 9.80 Å². The number of carbonyl (C=O) groups excluding carboxylic acids is 1. The molecule has 4 heterocycles. The van der Waals surface area contributed by atoms with E-state index in [9.17, 15) is 4.79 Å². The van der Waals surface area contributed by atoms with Crippen LogP contribution in [0.2, 0.25) is 0 Å². The molecule has 0 radical (unpaired) electrons. The molecule has 1 amide bonds. The first-order valence-electron chi connectivity index (χ1n) is 12.0. The lowest BCUT2D eigenvalue weighted by molar-refractivity contribution is -0.117. The Morgan fingerprint density at radius 1 is 1.00 bits per heavy atom. The molecule has 0 saturated carbocycles. The topological polar surface area (TPSA) is 69.9 Å². The van der Waals surface area contributed by atoms with Gasteiger partial charge in [0, 0.05) is 39.3 Å². The molecule has 3 aromatic heterocycles. The molecule has 180 valence electrons. The van der Waals surface area contributed by atoms with E-state index in [-0.39, 0.29) is 11.9 Å². The van der Waals surface area contributed by atoms with Crippen molar-refractivity contribution in [2.45, 2.75) is 26.8 Å². The van der Waals surface area contributed by atoms with Crippen molar-refractivity contribution in [2.75, 3.05) is 43.0 Å². The molecule has 1 atom stereocenters. The number of imidazole rings is 1. The molecule has 1 aromatic carbocycles. The lowest BCUT2D eigenvalue weighted by Gasteiger charge is -2.35. The number of pyridine rings is 1. The van der Waals surface area contributed by atoms with Crippen LogP contribution in [-0.4, -0.2) is 63.4 Å². The Bertz CT molecular complexity index is 1340. The normalized spacial score (nSPS) is 15.4. The van der Waals surface area contributed by atoms with E-state index in [0.717, 1.165) is 60.0 Å². The summed E-state index contributed by atoms with van der Waals surface area (Å²) in [5.74, 6) is 0.290. The van der Waals surface area contributed by atoms with Gasteiger partial charge in [-0.25, -0.2) is 15.0 Å². The van der Waals surface area contributed by atoms with Crippen molar-refractivity contribution < 1.29 is 4.79 Å². The molecule has 1 fully saturated rings. The highest BCUT2D eigenvalue weighted by molar-refractivity contribution is 5.91. The molecule has 1 saturated heterocycles. The van der Waals surface area contributed by atoms with E-state index in [1.165, 1.54) is 0 Å². The maximum absolute atomic E-state index is 12.8. The van der Waals surface area contributed by atoms with Crippen LogP contribution in [-0.2, 0) is 4.79 Å². The van der Waals surface area contributed by atoms with E-state index in [0.29, 0.717) is 5.95 Å². The van der Waals surface area contributed by atoms with Crippen molar-refractivity contribution in [3.8, 4) is 11.4 Å². The van der Waals surface area contributed by atoms with Gasteiger partial charge >= 0.3 is 0 Å². The quantitative estimate of drug-likeness (QED) is 0.441. The lowest BCUT2D eigenvalue weighted by atomic mass is 10.1. The van der Waals surface area contributed by atoms with Crippen LogP contribution in [0.1, 0.15) is 31.0 Å². The molecule has 5 rings (SSSR count). The number of anilines is 2. The van der Waals surface area contributed by atoms with Gasteiger partial charge in [-0.15, -0.1) is 0 Å². The maximum atomic E-state index is 12.8. The first-order chi connectivity index (χ1) is 16.9. The van der Waals surface area contributed by atoms with Crippen LogP contribution in [0.4, 0.5) is 11.6 Å². The van der Waals surface area contributed by atoms with Gasteiger partial charge in [0.05, 0.1) is 29.8 Å². The summed E-state index contributed by atoms with van der Waals surface area (Å²) in [5.41, 5.74) is 5.65. The van der Waals surface area contributed by atoms with Crippen molar-refractivity contribution in [1.29, 1.82) is 0 Å². The number of nitrogens with zero attached hydrogens (tertiary/aromatic N) is 7. The van der Waals surface area contributed by atoms with Gasteiger partial charge in [-0.1, -0.05) is 36.4 Å². The number of amides is 1. The van der Waals surface area contributed by atoms with Crippen LogP contribution in [0.3, 0.4) is 0 Å². The molecule has 0 bridgehead atoms. The molecule has 0 unspecified atom stereocenters. The van der Waals surface area contributed by atoms with Gasteiger partial charge in [0.2, 0.25) is 11.9 Å². The fraction of sp³-hybridized carbons (Fsp3) is 0.333. The number of piperazine rings is 1. The molecular formula is C27H31N7O. The number of hydrogen-bond acceptors (Lipinski definition) is 6. The largest absolute Gasteiger partial charge is 0.366 e. The van der Waals surface area contributed by atoms with E-state index in [4.69, 9.17) is 9.97 Å². The Kier molecular flexibility index (Phi) is 6.21. The predicted octanol–water partition coefficient (Wildman–Crippen LogP) is 3.97. The second-order valence-electron chi connectivity index (χ2n) is 9.20. The highest BCUT2D eigenvalue weighted by Gasteiger charge is 2.27. The summed E-state index contributed by atoms with van der Waals surface area (Å²) in [6.45, 7) is 9.34. The van der Waals surface area contributed by atoms with Gasteiger partial charge in [-0.2, -0.15) is 0 Å². The summed E-state index contributed by atoms with van der Waals surface area (Å²) in [6.07, 6.45) is 5.74. The second-order valence-corrected chi connectivity index (χ2v) is 9.20. The van der Waals surface area contributed by atoms with Gasteiger partial charge in [-0.05, 0) is 38.1 Å². The van der Waals surface area contributed by atoms with Crippen LogP contribution in [0.5, 0.6) is 0 Å². The maximum Gasteiger partial charge on any atom is 0.233 e. The third-order valence-corrected chi connectivity index (χ3v) is 6.80. The minimum Gasteiger partial charge on any atom is -0.366 e. The molecule has 1 aliphatic rings. The van der Waals surface area contributed by atoms with E-state index in [2.05, 4.69) is 39.2 Å². The highest BCUT2D eigenvalue weighted by Crippen LogP contribution is 2.33. The standard InChI is InChI=1S/C27H31N7O/c1-19-9-8-12-33-24(18-28-26(19)33)25-23(32-15-13-31(4)14-16-32)17-29-27(30-25)34(21(3)35)20(2)22-10-6-5-7-11-22/h5-12,17-18,20H,13-16H2,1-4H3/t20-/m0/s1. The van der Waals surface area contributed by atoms with Gasteiger partial charge in [-0.3, -0.25) is 14.1 Å². The summed E-state index contributed by atoms with van der Waals surface area (Å²) in [5, 5.41) is 0. The minimum absolute atomic E-state index is 0.103. The number of aryl methyl sites for hydroxylation is 1. The van der Waals surface area contributed by atoms with Gasteiger partial charge < -0.3 is 9.80 Å². The van der Waals surface area contributed by atoms with Crippen molar-refractivity contribution in [1.82, 2.24) is 24.3 Å². The Morgan fingerprint density at radius 2 is 1.74 bits per heavy atom. The Labute approximate surface area is 205 Å². The fourth-order valence-electron chi connectivity index (χ4n) is 4.74. The molecular weight excluding hydrogens is 438 g/mol. The second kappa shape index (κ2) is 9.46. The van der Waals surface area contributed by atoms with Crippen LogP contribution in [0.15, 0.2) is 61.1 Å². The minimum atomic E-state index is -0.208. The molecule has 0 spiro atoms. The molecule has 4 aromatic rings. The molecule has 35 heavy (non-hydrogen) atoms. The number of aromatic nitrogens is 4. The van der Waals surface area contributed by atoms with Crippen LogP contribution >= 0.6 is 0 Å². The zero-order valence-electron chi connectivity index (χ0n) is 20.7. The zero-order chi connectivity index (χ0) is 24.5. The van der Waals surface area contributed by atoms with Gasteiger partial charge in [0.15, 0.2) is 0 Å². The third kappa shape index (κ3) is 4.37. The molecule has 0 N–H and O–H groups in total. The van der Waals surface area contributed by atoms with Crippen LogP contribution in [0, 0.1) is 6.92 Å². The Morgan fingerprint density at radius 3 is 2.46 bits per heavy atom. The van der Waals surface area contributed by atoms with Gasteiger partial charge in [0.25, 0.3) is 0 Å². The fourth-order valence-corrected chi connectivity index (χ4v) is 4.74. The summed E-state index contributed by atoms with van der Waals surface area (Å²) in [7, 11) is 2.14. The van der Waals surface area contributed by atoms with E-state index >= 15 is 0 Å². The zero-order valence-corrected chi connectivity index (χ0v) is 20.7. The third-order valence-electron chi connectivity index (χ3n) is 6.80. The summed E-state index contributed by atoms with van der Waals surface area (Å²) < 4.78 is 2.07. The average molecular weight is 470 g/mol. The number of hydrogen-bond donors (Lipinski definition) is 0. The first-order valence-corrected chi connectivity index (χ1v) is 12.0. The number of carbonyl (C=O) groups is 1. The van der Waals surface area contributed by atoms with Crippen molar-refractivity contribution >= 4 is 23.2 Å². The molecule has 1 aliphatic heterocycles. The van der Waals surface area contributed by atoms with E-state index in [1.807, 2.05) is 61.9 Å². The predicted molar refractivity (Wildman–Crippen MR) is 139 cm³/mol. The summed E-state index contributed by atoms with van der Waals surface area (Å²) >= 11 is 0. The number of fused-ring (bicyclic) bond motifs is 1. The number of rotatable bonds is 5. The van der Waals surface area contributed by atoms with Crippen molar-refractivity contribution in [2.24, 2.45) is 0 Å². The SMILES string of the molecule is CC(=O)N(c1ncc(N2CCN(C)CC2)c(-c2cnc3c(C)cccn23)n1)[C@@H](C)c1ccccc1. The summed E-state index contributed by atoms with van der Waals surface area (Å²) in [6, 6.07) is 13.8. The Balaban J connectivity index is 1.65. The monoisotopic (exact) mass is 469 g/mol. The number of likely N-dealkylation sites (N-methyl/N-ethyl adjacent to an activating group) is 1.